The maximum atomic E-state index is 11.9. The summed E-state index contributed by atoms with van der Waals surface area (Å²) in [6.45, 7) is 1.47. The van der Waals surface area contributed by atoms with E-state index in [0.29, 0.717) is 15.8 Å². The van der Waals surface area contributed by atoms with Crippen molar-refractivity contribution in [2.45, 2.75) is 12.8 Å². The molecule has 0 atom stereocenters. The van der Waals surface area contributed by atoms with Crippen molar-refractivity contribution in [2.75, 3.05) is 19.8 Å². The Kier molecular flexibility index (Phi) is 6.30. The summed E-state index contributed by atoms with van der Waals surface area (Å²) in [4.78, 5) is 23.5. The van der Waals surface area contributed by atoms with E-state index >= 15 is 0 Å². The van der Waals surface area contributed by atoms with Gasteiger partial charge < -0.3 is 15.4 Å². The van der Waals surface area contributed by atoms with E-state index in [9.17, 15) is 9.59 Å². The third-order valence-corrected chi connectivity index (χ3v) is 3.83. The van der Waals surface area contributed by atoms with Gasteiger partial charge >= 0.3 is 6.03 Å². The summed E-state index contributed by atoms with van der Waals surface area (Å²) in [5.41, 5.74) is 0. The smallest absolute Gasteiger partial charge is 0.324 e. The number of imide groups is 1. The first kappa shape index (κ1) is 16.9. The van der Waals surface area contributed by atoms with Crippen molar-refractivity contribution in [3.05, 3.63) is 28.2 Å². The van der Waals surface area contributed by atoms with Crippen LogP contribution in [0.3, 0.4) is 0 Å². The van der Waals surface area contributed by atoms with Crippen molar-refractivity contribution in [1.29, 1.82) is 0 Å². The van der Waals surface area contributed by atoms with Crippen molar-refractivity contribution in [3.63, 3.8) is 0 Å². The number of urea groups is 1. The van der Waals surface area contributed by atoms with Crippen LogP contribution in [0.15, 0.2) is 18.2 Å². The SMILES string of the molecule is O=C(NCOc1ccc(Cl)cc1Cl)NC(=O)C1CCNCC1. The predicted octanol–water partition coefficient (Wildman–Crippen LogP) is 2.16. The molecule has 1 saturated heterocycles. The zero-order chi connectivity index (χ0) is 15.9. The molecule has 22 heavy (non-hydrogen) atoms. The fourth-order valence-electron chi connectivity index (χ4n) is 2.11. The number of ether oxygens (including phenoxy) is 1. The molecule has 3 amide bonds. The zero-order valence-corrected chi connectivity index (χ0v) is 13.3. The molecule has 120 valence electrons. The molecular formula is C14H17Cl2N3O3. The van der Waals surface area contributed by atoms with Gasteiger partial charge in [-0.3, -0.25) is 10.1 Å². The molecule has 0 aliphatic carbocycles. The maximum Gasteiger partial charge on any atom is 0.324 e. The summed E-state index contributed by atoms with van der Waals surface area (Å²) < 4.78 is 5.31. The standard InChI is InChI=1S/C14H17Cl2N3O3/c15-10-1-2-12(11(16)7-10)22-8-18-14(21)19-13(20)9-3-5-17-6-4-9/h1-2,7,9,17H,3-6,8H2,(H2,18,19,20,21). The number of carbonyl (C=O) groups excluding carboxylic acids is 2. The Bertz CT molecular complexity index is 548. The Morgan fingerprint density at radius 2 is 2.00 bits per heavy atom. The van der Waals surface area contributed by atoms with Gasteiger partial charge in [0.25, 0.3) is 0 Å². The minimum atomic E-state index is -0.589. The van der Waals surface area contributed by atoms with Crippen LogP contribution < -0.4 is 20.7 Å². The van der Waals surface area contributed by atoms with E-state index in [0.717, 1.165) is 25.9 Å². The van der Waals surface area contributed by atoms with Crippen LogP contribution in [0.5, 0.6) is 5.75 Å². The second kappa shape index (κ2) is 8.22. The van der Waals surface area contributed by atoms with E-state index in [2.05, 4.69) is 16.0 Å². The summed E-state index contributed by atoms with van der Waals surface area (Å²) in [5.74, 6) is 0.0122. The molecule has 3 N–H and O–H groups in total. The third kappa shape index (κ3) is 5.05. The quantitative estimate of drug-likeness (QED) is 0.730. The zero-order valence-electron chi connectivity index (χ0n) is 11.8. The highest BCUT2D eigenvalue weighted by molar-refractivity contribution is 6.35. The van der Waals surface area contributed by atoms with Crippen molar-refractivity contribution >= 4 is 35.1 Å². The number of hydrogen-bond acceptors (Lipinski definition) is 4. The molecule has 1 fully saturated rings. The Hall–Kier alpha value is -1.50. The lowest BCUT2D eigenvalue weighted by molar-refractivity contribution is -0.124. The molecule has 1 aromatic rings. The minimum Gasteiger partial charge on any atom is -0.472 e. The molecule has 0 unspecified atom stereocenters. The van der Waals surface area contributed by atoms with Gasteiger partial charge in [-0.25, -0.2) is 4.79 Å². The lowest BCUT2D eigenvalue weighted by Crippen LogP contribution is -2.45. The highest BCUT2D eigenvalue weighted by atomic mass is 35.5. The maximum absolute atomic E-state index is 11.9. The van der Waals surface area contributed by atoms with Gasteiger partial charge in [0.1, 0.15) is 5.75 Å². The number of hydrogen-bond donors (Lipinski definition) is 3. The van der Waals surface area contributed by atoms with Crippen LogP contribution >= 0.6 is 23.2 Å². The monoisotopic (exact) mass is 345 g/mol. The first-order chi connectivity index (χ1) is 10.6. The molecule has 2 rings (SSSR count). The van der Waals surface area contributed by atoms with Crippen LogP contribution in [0.2, 0.25) is 10.0 Å². The topological polar surface area (TPSA) is 79.5 Å². The lowest BCUT2D eigenvalue weighted by Gasteiger charge is -2.21. The number of benzene rings is 1. The van der Waals surface area contributed by atoms with Crippen LogP contribution in [0, 0.1) is 5.92 Å². The number of piperidine rings is 1. The van der Waals surface area contributed by atoms with E-state index in [1.54, 1.807) is 18.2 Å². The number of nitrogens with one attached hydrogen (secondary N) is 3. The molecule has 6 nitrogen and oxygen atoms in total. The predicted molar refractivity (Wildman–Crippen MR) is 84.2 cm³/mol. The van der Waals surface area contributed by atoms with Gasteiger partial charge in [0.2, 0.25) is 5.91 Å². The molecule has 1 aromatic carbocycles. The van der Waals surface area contributed by atoms with Crippen molar-refractivity contribution in [1.82, 2.24) is 16.0 Å². The van der Waals surface area contributed by atoms with Gasteiger partial charge in [-0.15, -0.1) is 0 Å². The highest BCUT2D eigenvalue weighted by Crippen LogP contribution is 2.27. The molecule has 0 bridgehead atoms. The largest absolute Gasteiger partial charge is 0.472 e. The molecule has 1 aliphatic heterocycles. The third-order valence-electron chi connectivity index (χ3n) is 3.30. The second-order valence-corrected chi connectivity index (χ2v) is 5.73. The average Bonchev–Trinajstić information content (AvgIpc) is 2.50. The number of amides is 3. The van der Waals surface area contributed by atoms with Crippen LogP contribution in [-0.2, 0) is 4.79 Å². The minimum absolute atomic E-state index is 0.104. The fourth-order valence-corrected chi connectivity index (χ4v) is 2.58. The molecule has 1 aliphatic rings. The Morgan fingerprint density at radius 1 is 1.27 bits per heavy atom. The van der Waals surface area contributed by atoms with Crippen molar-refractivity contribution in [2.24, 2.45) is 5.92 Å². The van der Waals surface area contributed by atoms with E-state index in [4.69, 9.17) is 27.9 Å². The van der Waals surface area contributed by atoms with Crippen molar-refractivity contribution in [3.8, 4) is 5.75 Å². The first-order valence-corrected chi connectivity index (χ1v) is 7.69. The summed E-state index contributed by atoms with van der Waals surface area (Å²) >= 11 is 11.7. The van der Waals surface area contributed by atoms with Crippen LogP contribution in [0.1, 0.15) is 12.8 Å². The van der Waals surface area contributed by atoms with Crippen LogP contribution in [0.25, 0.3) is 0 Å². The number of rotatable bonds is 4. The lowest BCUT2D eigenvalue weighted by atomic mass is 9.97. The normalized spacial score (nSPS) is 15.2. The van der Waals surface area contributed by atoms with E-state index in [-0.39, 0.29) is 18.6 Å². The molecule has 1 heterocycles. The first-order valence-electron chi connectivity index (χ1n) is 6.93. The Balaban J connectivity index is 1.72. The number of carbonyl (C=O) groups is 2. The summed E-state index contributed by atoms with van der Waals surface area (Å²) in [7, 11) is 0. The average molecular weight is 346 g/mol. The molecular weight excluding hydrogens is 329 g/mol. The van der Waals surface area contributed by atoms with Gasteiger partial charge in [0, 0.05) is 10.9 Å². The van der Waals surface area contributed by atoms with Gasteiger partial charge in [-0.2, -0.15) is 0 Å². The Labute approximate surface area is 138 Å². The Morgan fingerprint density at radius 3 is 2.68 bits per heavy atom. The molecule has 0 saturated carbocycles. The van der Waals surface area contributed by atoms with E-state index in [1.807, 2.05) is 0 Å². The van der Waals surface area contributed by atoms with Crippen LogP contribution in [-0.4, -0.2) is 31.8 Å². The number of halogens is 2. The summed E-state index contributed by atoms with van der Waals surface area (Å²) in [6.07, 6.45) is 1.46. The molecule has 0 spiro atoms. The van der Waals surface area contributed by atoms with E-state index < -0.39 is 6.03 Å². The van der Waals surface area contributed by atoms with Gasteiger partial charge in [0.15, 0.2) is 6.73 Å². The van der Waals surface area contributed by atoms with Crippen molar-refractivity contribution < 1.29 is 14.3 Å². The summed E-state index contributed by atoms with van der Waals surface area (Å²) in [5, 5.41) is 8.76. The van der Waals surface area contributed by atoms with Gasteiger partial charge in [-0.05, 0) is 44.1 Å². The van der Waals surface area contributed by atoms with Gasteiger partial charge in [0.05, 0.1) is 5.02 Å². The van der Waals surface area contributed by atoms with Crippen LogP contribution in [0.4, 0.5) is 4.79 Å². The molecule has 0 aromatic heterocycles. The van der Waals surface area contributed by atoms with E-state index in [1.165, 1.54) is 0 Å². The van der Waals surface area contributed by atoms with Gasteiger partial charge in [-0.1, -0.05) is 23.2 Å². The highest BCUT2D eigenvalue weighted by Gasteiger charge is 2.22. The summed E-state index contributed by atoms with van der Waals surface area (Å²) in [6, 6.07) is 4.18. The fraction of sp³-hybridized carbons (Fsp3) is 0.429. The molecule has 0 radical (unpaired) electrons. The second-order valence-electron chi connectivity index (χ2n) is 4.88. The molecule has 8 heteroatoms.